The quantitative estimate of drug-likeness (QED) is 0.0377. The van der Waals surface area contributed by atoms with Crippen molar-refractivity contribution in [1.82, 2.24) is 0 Å². The van der Waals surface area contributed by atoms with E-state index in [4.69, 9.17) is 0 Å². The topological polar surface area (TPSA) is 57.2 Å². The summed E-state index contributed by atoms with van der Waals surface area (Å²) in [6.45, 7) is 6.89. The number of unbranched alkanes of at least 4 members (excludes halogenated alkanes) is 45. The average Bonchev–Trinajstić information content (AvgIpc) is 3.33. The van der Waals surface area contributed by atoms with E-state index >= 15 is 0 Å². The maximum Gasteiger partial charge on any atom is 1.00 e. The Morgan fingerprint density at radius 1 is 0.290 bits per heavy atom. The second kappa shape index (κ2) is 48.2. The van der Waals surface area contributed by atoms with Crippen LogP contribution in [0.2, 0.25) is 0 Å². The molecule has 0 aliphatic carbocycles. The van der Waals surface area contributed by atoms with E-state index in [1.807, 2.05) is 18.2 Å². The first-order valence-corrected chi connectivity index (χ1v) is 32.4. The zero-order chi connectivity index (χ0) is 48.9. The largest absolute Gasteiger partial charge is 1.00 e. The Bertz CT molecular complexity index is 1520. The molecule has 0 bridgehead atoms. The molecule has 0 saturated heterocycles. The molecule has 2 rings (SSSR count). The van der Waals surface area contributed by atoms with Crippen molar-refractivity contribution in [3.05, 3.63) is 41.0 Å². The van der Waals surface area contributed by atoms with Crippen molar-refractivity contribution in [2.45, 2.75) is 353 Å². The van der Waals surface area contributed by atoms with Gasteiger partial charge >= 0.3 is 18.9 Å². The monoisotopic (exact) mass is 971 g/mol. The summed E-state index contributed by atoms with van der Waals surface area (Å²) in [4.78, 5) is 0.108. The van der Waals surface area contributed by atoms with Crippen molar-refractivity contribution in [3.8, 4) is 0 Å². The SMILES string of the molecule is CCCCCCCCCCCCCCCCCCc1c(CCCCCCCCCCCCCCCCCC)c(S(=O)(=O)[O-])c2ccccc2c1CCCCCCCCCCCCCCCCCC.[Li+]. The molecule has 0 aliphatic rings. The summed E-state index contributed by atoms with van der Waals surface area (Å²) in [5, 5.41) is 1.70. The summed E-state index contributed by atoms with van der Waals surface area (Å²) in [5.41, 5.74) is 3.47. The van der Waals surface area contributed by atoms with Crippen LogP contribution in [0.25, 0.3) is 10.8 Å². The van der Waals surface area contributed by atoms with Gasteiger partial charge in [-0.05, 0) is 66.0 Å². The van der Waals surface area contributed by atoms with Crippen LogP contribution in [-0.4, -0.2) is 13.0 Å². The van der Waals surface area contributed by atoms with Gasteiger partial charge in [-0.15, -0.1) is 0 Å². The second-order valence-corrected chi connectivity index (χ2v) is 23.2. The van der Waals surface area contributed by atoms with Crippen LogP contribution in [0.4, 0.5) is 0 Å². The Labute approximate surface area is 444 Å². The van der Waals surface area contributed by atoms with Gasteiger partial charge < -0.3 is 4.55 Å². The normalized spacial score (nSPS) is 11.8. The minimum Gasteiger partial charge on any atom is -0.744 e. The predicted molar refractivity (Wildman–Crippen MR) is 302 cm³/mol. The number of benzene rings is 2. The molecule has 0 atom stereocenters. The molecule has 2 aromatic rings. The second-order valence-electron chi connectivity index (χ2n) is 21.9. The van der Waals surface area contributed by atoms with Crippen LogP contribution in [-0.2, 0) is 29.4 Å². The van der Waals surface area contributed by atoms with Crippen molar-refractivity contribution >= 4 is 20.9 Å². The minimum atomic E-state index is -4.63. The Balaban J connectivity index is 0.0000238. The van der Waals surface area contributed by atoms with E-state index in [2.05, 4.69) is 26.8 Å². The van der Waals surface area contributed by atoms with Gasteiger partial charge in [-0.3, -0.25) is 0 Å². The first-order valence-electron chi connectivity index (χ1n) is 31.0. The summed E-state index contributed by atoms with van der Waals surface area (Å²) in [7, 11) is -4.63. The fourth-order valence-electron chi connectivity index (χ4n) is 11.3. The van der Waals surface area contributed by atoms with Crippen molar-refractivity contribution in [3.63, 3.8) is 0 Å². The van der Waals surface area contributed by atoms with Gasteiger partial charge in [0.2, 0.25) is 0 Å². The molecule has 69 heavy (non-hydrogen) atoms. The number of hydrogen-bond donors (Lipinski definition) is 0. The van der Waals surface area contributed by atoms with Gasteiger partial charge in [0.05, 0.1) is 4.90 Å². The van der Waals surface area contributed by atoms with Gasteiger partial charge in [0.1, 0.15) is 10.1 Å². The zero-order valence-electron chi connectivity index (χ0n) is 47.0. The Morgan fingerprint density at radius 2 is 0.493 bits per heavy atom. The third kappa shape index (κ3) is 35.1. The number of hydrogen-bond acceptors (Lipinski definition) is 3. The standard InChI is InChI=1S/C64H116O3S.Li/c1-4-7-10-13-16-19-22-25-28-31-34-37-40-43-46-49-54-59-60(55-50-47-44-41-38-35-32-29-26-23-20-17-14-11-8-5-2)62(64(68(65,66)67)63-58-53-52-56-61(59)63)57-51-48-45-42-39-36-33-30-27-24-21-18-15-12-9-6-3;/h52-53,56,58H,4-51,54-55,57H2,1-3H3,(H,65,66,67);/q;+1/p-1. The fourth-order valence-corrected chi connectivity index (χ4v) is 12.2. The molecule has 0 fully saturated rings. The molecule has 0 heterocycles. The third-order valence-corrected chi connectivity index (χ3v) is 16.6. The summed E-state index contributed by atoms with van der Waals surface area (Å²) >= 11 is 0. The van der Waals surface area contributed by atoms with Crippen LogP contribution in [0.3, 0.4) is 0 Å². The summed E-state index contributed by atoms with van der Waals surface area (Å²) < 4.78 is 39.9. The van der Waals surface area contributed by atoms with E-state index in [1.54, 1.807) is 0 Å². The minimum absolute atomic E-state index is 0. The molecule has 0 aliphatic heterocycles. The zero-order valence-corrected chi connectivity index (χ0v) is 47.8. The molecule has 0 aromatic heterocycles. The third-order valence-electron chi connectivity index (χ3n) is 15.6. The van der Waals surface area contributed by atoms with Crippen LogP contribution in [0.1, 0.15) is 346 Å². The van der Waals surface area contributed by atoms with E-state index in [-0.39, 0.29) is 23.8 Å². The van der Waals surface area contributed by atoms with Crippen LogP contribution >= 0.6 is 0 Å². The van der Waals surface area contributed by atoms with E-state index in [9.17, 15) is 13.0 Å². The Kier molecular flexibility index (Phi) is 46.2. The van der Waals surface area contributed by atoms with Crippen molar-refractivity contribution < 1.29 is 31.8 Å². The van der Waals surface area contributed by atoms with E-state index in [0.29, 0.717) is 11.8 Å². The number of aryl methyl sites for hydroxylation is 1. The summed E-state index contributed by atoms with van der Waals surface area (Å²) in [6.07, 6.45) is 67.0. The van der Waals surface area contributed by atoms with Crippen LogP contribution in [0.5, 0.6) is 0 Å². The van der Waals surface area contributed by atoms with Gasteiger partial charge in [0, 0.05) is 0 Å². The van der Waals surface area contributed by atoms with Crippen molar-refractivity contribution in [2.24, 2.45) is 0 Å². The van der Waals surface area contributed by atoms with Crippen molar-refractivity contribution in [2.75, 3.05) is 0 Å². The molecule has 0 amide bonds. The first kappa shape index (κ1) is 66.2. The van der Waals surface area contributed by atoms with Crippen LogP contribution in [0.15, 0.2) is 29.2 Å². The average molecular weight is 972 g/mol. The predicted octanol–water partition coefficient (Wildman–Crippen LogP) is 19.2. The molecule has 3 nitrogen and oxygen atoms in total. The molecule has 0 spiro atoms. The van der Waals surface area contributed by atoms with E-state index in [1.165, 1.54) is 294 Å². The van der Waals surface area contributed by atoms with Crippen molar-refractivity contribution in [1.29, 1.82) is 0 Å². The fraction of sp³-hybridized carbons (Fsp3) is 0.844. The van der Waals surface area contributed by atoms with Gasteiger partial charge in [0.25, 0.3) is 0 Å². The number of fused-ring (bicyclic) bond motifs is 1. The molecular weight excluding hydrogens is 856 g/mol. The van der Waals surface area contributed by atoms with Gasteiger partial charge in [-0.2, -0.15) is 0 Å². The molecule has 396 valence electrons. The van der Waals surface area contributed by atoms with E-state index < -0.39 is 10.1 Å². The summed E-state index contributed by atoms with van der Waals surface area (Å²) in [6, 6.07) is 8.02. The van der Waals surface area contributed by atoms with Gasteiger partial charge in [-0.1, -0.05) is 334 Å². The molecule has 0 saturated carbocycles. The number of rotatable bonds is 52. The van der Waals surface area contributed by atoms with Gasteiger partial charge in [-0.25, -0.2) is 8.42 Å². The molecule has 2 aromatic carbocycles. The maximum atomic E-state index is 13.3. The first-order chi connectivity index (χ1) is 33.5. The molecule has 0 N–H and O–H groups in total. The molecule has 0 radical (unpaired) electrons. The Morgan fingerprint density at radius 3 is 0.739 bits per heavy atom. The maximum absolute atomic E-state index is 13.3. The molecule has 0 unspecified atom stereocenters. The van der Waals surface area contributed by atoms with Crippen LogP contribution < -0.4 is 18.9 Å². The summed E-state index contributed by atoms with van der Waals surface area (Å²) in [5.74, 6) is 0. The van der Waals surface area contributed by atoms with E-state index in [0.717, 1.165) is 49.5 Å². The molecular formula is C64H115LiO3S. The van der Waals surface area contributed by atoms with Gasteiger partial charge in [0.15, 0.2) is 0 Å². The smallest absolute Gasteiger partial charge is 0.744 e. The molecule has 5 heteroatoms. The van der Waals surface area contributed by atoms with Crippen LogP contribution in [0, 0.1) is 0 Å². The Hall–Kier alpha value is -0.793.